The topological polar surface area (TPSA) is 66.8 Å². The second kappa shape index (κ2) is 7.18. The zero-order chi connectivity index (χ0) is 20.0. The highest BCUT2D eigenvalue weighted by atomic mass is 16.5. The zero-order valence-electron chi connectivity index (χ0n) is 17.8. The molecule has 2 N–H and O–H groups in total. The van der Waals surface area contributed by atoms with Gasteiger partial charge in [0.2, 0.25) is 0 Å². The third-order valence-electron chi connectivity index (χ3n) is 8.49. The fourth-order valence-electron chi connectivity index (χ4n) is 7.28. The third-order valence-corrected chi connectivity index (χ3v) is 8.49. The van der Waals surface area contributed by atoms with Gasteiger partial charge in [0.05, 0.1) is 12.5 Å². The van der Waals surface area contributed by atoms with Gasteiger partial charge in [-0.05, 0) is 67.1 Å². The normalized spacial score (nSPS) is 41.7. The third kappa shape index (κ3) is 3.37. The van der Waals surface area contributed by atoms with E-state index in [9.17, 15) is 9.90 Å². The van der Waals surface area contributed by atoms with Crippen LogP contribution in [0, 0.1) is 34.0 Å². The lowest BCUT2D eigenvalue weighted by Crippen LogP contribution is -2.58. The number of aliphatic hydroxyl groups excluding tert-OH is 2. The summed E-state index contributed by atoms with van der Waals surface area (Å²) in [5.41, 5.74) is 1.63. The molecule has 3 aliphatic rings. The Hall–Kier alpha value is -0.870. The van der Waals surface area contributed by atoms with Crippen molar-refractivity contribution in [1.82, 2.24) is 0 Å². The van der Waals surface area contributed by atoms with E-state index >= 15 is 0 Å². The molecule has 4 nitrogen and oxygen atoms in total. The molecule has 0 aromatic carbocycles. The number of fused-ring (bicyclic) bond motifs is 3. The Morgan fingerprint density at radius 1 is 1.19 bits per heavy atom. The number of allylic oxidation sites excluding steroid dienone is 1. The monoisotopic (exact) mass is 378 g/mol. The van der Waals surface area contributed by atoms with Crippen LogP contribution in [0.1, 0.15) is 73.1 Å². The first-order valence-electron chi connectivity index (χ1n) is 10.7. The minimum atomic E-state index is -1.00. The molecular formula is C23H38O4. The molecular weight excluding hydrogens is 340 g/mol. The van der Waals surface area contributed by atoms with Crippen LogP contribution in [-0.2, 0) is 9.53 Å². The van der Waals surface area contributed by atoms with Crippen LogP contribution in [0.15, 0.2) is 11.6 Å². The number of hydrogen-bond donors (Lipinski definition) is 2. The Bertz CT molecular complexity index is 609. The summed E-state index contributed by atoms with van der Waals surface area (Å²) < 4.78 is 5.44. The summed E-state index contributed by atoms with van der Waals surface area (Å²) in [5.74, 6) is 0.703. The molecule has 0 saturated heterocycles. The average Bonchev–Trinajstić information content (AvgIpc) is 2.57. The van der Waals surface area contributed by atoms with E-state index in [1.807, 2.05) is 0 Å². The molecule has 3 rings (SSSR count). The lowest BCUT2D eigenvalue weighted by Gasteiger charge is -2.64. The van der Waals surface area contributed by atoms with Gasteiger partial charge in [-0.2, -0.15) is 0 Å². The molecule has 3 aliphatic carbocycles. The lowest BCUT2D eigenvalue weighted by atomic mass is 9.40. The SMILES string of the molecule is CC1=CC[C@@H]2[C@]3(C)CCCC(C)(C)[C@H]3CC[C@]2(C)[C@H]1C(=O)OC[C@H](O)CO. The van der Waals surface area contributed by atoms with E-state index in [1.165, 1.54) is 25.7 Å². The first-order chi connectivity index (χ1) is 12.6. The van der Waals surface area contributed by atoms with E-state index < -0.39 is 6.10 Å². The zero-order valence-corrected chi connectivity index (χ0v) is 17.8. The van der Waals surface area contributed by atoms with Crippen LogP contribution in [0.2, 0.25) is 0 Å². The number of carbonyl (C=O) groups is 1. The molecule has 4 heteroatoms. The van der Waals surface area contributed by atoms with Gasteiger partial charge < -0.3 is 14.9 Å². The highest BCUT2D eigenvalue weighted by molar-refractivity contribution is 5.77. The van der Waals surface area contributed by atoms with Crippen molar-refractivity contribution in [1.29, 1.82) is 0 Å². The molecule has 0 heterocycles. The summed E-state index contributed by atoms with van der Waals surface area (Å²) in [6.07, 6.45) is 8.35. The summed E-state index contributed by atoms with van der Waals surface area (Å²) in [6, 6.07) is 0. The van der Waals surface area contributed by atoms with Gasteiger partial charge in [-0.3, -0.25) is 4.79 Å². The largest absolute Gasteiger partial charge is 0.462 e. The predicted octanol–water partition coefficient (Wildman–Crippen LogP) is 4.10. The van der Waals surface area contributed by atoms with E-state index in [1.54, 1.807) is 0 Å². The second-order valence-corrected chi connectivity index (χ2v) is 10.6. The van der Waals surface area contributed by atoms with E-state index in [4.69, 9.17) is 9.84 Å². The average molecular weight is 379 g/mol. The van der Waals surface area contributed by atoms with E-state index in [0.29, 0.717) is 17.3 Å². The van der Waals surface area contributed by atoms with Crippen LogP contribution in [0.3, 0.4) is 0 Å². The molecule has 2 saturated carbocycles. The molecule has 0 aliphatic heterocycles. The minimum Gasteiger partial charge on any atom is -0.462 e. The maximum Gasteiger partial charge on any atom is 0.313 e. The highest BCUT2D eigenvalue weighted by Gasteiger charge is 2.62. The van der Waals surface area contributed by atoms with Crippen LogP contribution >= 0.6 is 0 Å². The van der Waals surface area contributed by atoms with Gasteiger partial charge in [-0.25, -0.2) is 0 Å². The van der Waals surface area contributed by atoms with E-state index in [2.05, 4.69) is 40.7 Å². The quantitative estimate of drug-likeness (QED) is 0.571. The molecule has 0 aromatic heterocycles. The maximum atomic E-state index is 13.0. The predicted molar refractivity (Wildman–Crippen MR) is 106 cm³/mol. The van der Waals surface area contributed by atoms with Gasteiger partial charge in [-0.15, -0.1) is 0 Å². The van der Waals surface area contributed by atoms with Crippen molar-refractivity contribution in [2.45, 2.75) is 79.2 Å². The molecule has 0 bridgehead atoms. The molecule has 0 amide bonds. The lowest BCUT2D eigenvalue weighted by molar-refractivity contribution is -0.174. The first kappa shape index (κ1) is 20.9. The van der Waals surface area contributed by atoms with Gasteiger partial charge in [0.15, 0.2) is 0 Å². The summed E-state index contributed by atoms with van der Waals surface area (Å²) >= 11 is 0. The number of aliphatic hydroxyl groups is 2. The fraction of sp³-hybridized carbons (Fsp3) is 0.870. The van der Waals surface area contributed by atoms with Gasteiger partial charge in [0, 0.05) is 0 Å². The molecule has 27 heavy (non-hydrogen) atoms. The van der Waals surface area contributed by atoms with Crippen LogP contribution in [-0.4, -0.2) is 35.5 Å². The van der Waals surface area contributed by atoms with Crippen LogP contribution < -0.4 is 0 Å². The van der Waals surface area contributed by atoms with Gasteiger partial charge in [0.1, 0.15) is 12.7 Å². The van der Waals surface area contributed by atoms with Gasteiger partial charge >= 0.3 is 5.97 Å². The van der Waals surface area contributed by atoms with Gasteiger partial charge in [-0.1, -0.05) is 45.8 Å². The van der Waals surface area contributed by atoms with Crippen molar-refractivity contribution < 1.29 is 19.7 Å². The number of esters is 1. The van der Waals surface area contributed by atoms with Crippen molar-refractivity contribution >= 4 is 5.97 Å². The fourth-order valence-corrected chi connectivity index (χ4v) is 7.28. The molecule has 0 spiro atoms. The Kier molecular flexibility index (Phi) is 5.55. The maximum absolute atomic E-state index is 13.0. The smallest absolute Gasteiger partial charge is 0.313 e. The molecule has 0 aromatic rings. The van der Waals surface area contributed by atoms with Crippen molar-refractivity contribution in [3.05, 3.63) is 11.6 Å². The highest BCUT2D eigenvalue weighted by Crippen LogP contribution is 2.68. The number of rotatable bonds is 4. The van der Waals surface area contributed by atoms with Crippen molar-refractivity contribution in [3.63, 3.8) is 0 Å². The summed E-state index contributed by atoms with van der Waals surface area (Å²) in [7, 11) is 0. The van der Waals surface area contributed by atoms with Crippen LogP contribution in [0.4, 0.5) is 0 Å². The summed E-state index contributed by atoms with van der Waals surface area (Å²) in [6.45, 7) is 11.2. The molecule has 0 radical (unpaired) electrons. The van der Waals surface area contributed by atoms with E-state index in [-0.39, 0.29) is 35.9 Å². The van der Waals surface area contributed by atoms with Gasteiger partial charge in [0.25, 0.3) is 0 Å². The number of hydrogen-bond acceptors (Lipinski definition) is 4. The molecule has 154 valence electrons. The summed E-state index contributed by atoms with van der Waals surface area (Å²) in [4.78, 5) is 13.0. The molecule has 0 unspecified atom stereocenters. The van der Waals surface area contributed by atoms with Crippen molar-refractivity contribution in [2.24, 2.45) is 34.0 Å². The summed E-state index contributed by atoms with van der Waals surface area (Å²) in [5, 5.41) is 18.6. The molecule has 2 fully saturated rings. The van der Waals surface area contributed by atoms with Crippen LogP contribution in [0.25, 0.3) is 0 Å². The first-order valence-corrected chi connectivity index (χ1v) is 10.7. The molecule has 6 atom stereocenters. The Balaban J connectivity index is 1.90. The number of ether oxygens (including phenoxy) is 1. The Labute approximate surface area is 164 Å². The van der Waals surface area contributed by atoms with Crippen LogP contribution in [0.5, 0.6) is 0 Å². The minimum absolute atomic E-state index is 0.0985. The standard InChI is InChI=1S/C23H38O4/c1-15-7-8-18-22(4)11-6-10-21(2,3)17(22)9-12-23(18,5)19(15)20(26)27-14-16(25)13-24/h7,16-19,24-25H,6,8-14H2,1-5H3/t16-,17-,18-,19-,22-,23+/m1/s1. The second-order valence-electron chi connectivity index (χ2n) is 10.6. The Morgan fingerprint density at radius 3 is 2.56 bits per heavy atom. The number of carbonyl (C=O) groups excluding carboxylic acids is 1. The Morgan fingerprint density at radius 2 is 1.89 bits per heavy atom. The van der Waals surface area contributed by atoms with Crippen molar-refractivity contribution in [2.75, 3.05) is 13.2 Å². The van der Waals surface area contributed by atoms with Crippen molar-refractivity contribution in [3.8, 4) is 0 Å². The van der Waals surface area contributed by atoms with E-state index in [0.717, 1.165) is 18.4 Å².